The molecule has 2 heterocycles. The molecule has 0 spiro atoms. The number of esters is 1. The van der Waals surface area contributed by atoms with Crippen LogP contribution in [0.4, 0.5) is 31.3 Å². The molecule has 0 fully saturated rings. The number of rotatable bonds is 5. The smallest absolute Gasteiger partial charge is 0.439 e. The lowest BCUT2D eigenvalue weighted by Crippen LogP contribution is -2.72. The summed E-state index contributed by atoms with van der Waals surface area (Å²) >= 11 is 0.614. The van der Waals surface area contributed by atoms with Gasteiger partial charge in [0.1, 0.15) is 5.00 Å². The van der Waals surface area contributed by atoms with E-state index in [1.165, 1.54) is 5.32 Å². The quantitative estimate of drug-likeness (QED) is 0.374. The summed E-state index contributed by atoms with van der Waals surface area (Å²) in [5.74, 6) is -2.69. The number of hydrogen-bond acceptors (Lipinski definition) is 6. The molecule has 0 saturated carbocycles. The van der Waals surface area contributed by atoms with Gasteiger partial charge in [0.2, 0.25) is 0 Å². The molecule has 1 aliphatic carbocycles. The Kier molecular flexibility index (Phi) is 6.40. The summed E-state index contributed by atoms with van der Waals surface area (Å²) in [6.07, 6.45) is -7.93. The molecule has 0 saturated heterocycles. The van der Waals surface area contributed by atoms with Crippen LogP contribution in [0.5, 0.6) is 0 Å². The molecule has 13 heteroatoms. The first-order chi connectivity index (χ1) is 14.9. The minimum atomic E-state index is -6.02. The number of alkyl halides is 6. The number of hydrogen-bond donors (Lipinski definition) is 2. The van der Waals surface area contributed by atoms with Crippen LogP contribution in [0.3, 0.4) is 0 Å². The van der Waals surface area contributed by atoms with E-state index in [2.05, 4.69) is 9.72 Å². The van der Waals surface area contributed by atoms with Crippen molar-refractivity contribution in [2.75, 3.05) is 12.4 Å². The number of ether oxygens (including phenoxy) is 1. The van der Waals surface area contributed by atoms with Gasteiger partial charge in [-0.1, -0.05) is 0 Å². The highest BCUT2D eigenvalue weighted by atomic mass is 32.1. The molecule has 0 bridgehead atoms. The van der Waals surface area contributed by atoms with Crippen LogP contribution in [0.15, 0.2) is 24.5 Å². The molecule has 1 amide bonds. The van der Waals surface area contributed by atoms with Gasteiger partial charge in [0.25, 0.3) is 5.91 Å². The predicted molar refractivity (Wildman–Crippen MR) is 102 cm³/mol. The van der Waals surface area contributed by atoms with Gasteiger partial charge in [0.15, 0.2) is 0 Å². The van der Waals surface area contributed by atoms with Crippen LogP contribution in [0.1, 0.15) is 44.0 Å². The first-order valence-electron chi connectivity index (χ1n) is 9.28. The molecule has 6 nitrogen and oxygen atoms in total. The van der Waals surface area contributed by atoms with Crippen molar-refractivity contribution in [1.82, 2.24) is 10.3 Å². The van der Waals surface area contributed by atoms with Gasteiger partial charge >= 0.3 is 24.0 Å². The molecule has 174 valence electrons. The van der Waals surface area contributed by atoms with Gasteiger partial charge in [0.05, 0.1) is 12.7 Å². The number of pyridine rings is 1. The average molecular weight is 481 g/mol. The van der Waals surface area contributed by atoms with Gasteiger partial charge in [-0.2, -0.15) is 26.3 Å². The van der Waals surface area contributed by atoms with Crippen molar-refractivity contribution < 1.29 is 40.7 Å². The Labute approximate surface area is 182 Å². The van der Waals surface area contributed by atoms with E-state index >= 15 is 0 Å². The topological polar surface area (TPSA) is 80.3 Å². The van der Waals surface area contributed by atoms with Crippen LogP contribution in [0.2, 0.25) is 0 Å². The van der Waals surface area contributed by atoms with Crippen LogP contribution < -0.4 is 10.6 Å². The number of nitrogens with one attached hydrogen (secondary N) is 2. The molecule has 0 atom stereocenters. The first-order valence-corrected chi connectivity index (χ1v) is 10.1. The molecule has 2 N–H and O–H groups in total. The Morgan fingerprint density at radius 1 is 1.03 bits per heavy atom. The van der Waals surface area contributed by atoms with Crippen molar-refractivity contribution >= 4 is 28.2 Å². The number of methoxy groups -OCH3 is 1. The number of carbonyl (C=O) groups excluding carboxylic acids is 2. The second kappa shape index (κ2) is 8.60. The van der Waals surface area contributed by atoms with Crippen LogP contribution in [0.25, 0.3) is 0 Å². The molecular weight excluding hydrogens is 464 g/mol. The third kappa shape index (κ3) is 4.25. The van der Waals surface area contributed by atoms with E-state index in [-0.39, 0.29) is 5.56 Å². The van der Waals surface area contributed by atoms with E-state index in [9.17, 15) is 35.9 Å². The Morgan fingerprint density at radius 2 is 1.62 bits per heavy atom. The van der Waals surface area contributed by atoms with Gasteiger partial charge in [-0.05, 0) is 43.4 Å². The Balaban J connectivity index is 2.14. The van der Waals surface area contributed by atoms with Gasteiger partial charge in [0, 0.05) is 22.8 Å². The van der Waals surface area contributed by atoms with E-state index in [1.54, 1.807) is 0 Å². The highest BCUT2D eigenvalue weighted by Crippen LogP contribution is 2.47. The zero-order chi connectivity index (χ0) is 23.7. The summed E-state index contributed by atoms with van der Waals surface area (Å²) in [4.78, 5) is 28.7. The number of halogens is 6. The second-order valence-corrected chi connectivity index (χ2v) is 8.07. The van der Waals surface area contributed by atoms with Crippen molar-refractivity contribution in [3.63, 3.8) is 0 Å². The SMILES string of the molecule is COC(=O)c1c(NC(NC(=O)c2ccncc2)(C(F)(F)F)C(F)(F)F)sc2c1CCCC2. The molecule has 2 aromatic rings. The summed E-state index contributed by atoms with van der Waals surface area (Å²) in [5.41, 5.74) is -5.35. The molecule has 1 aliphatic rings. The van der Waals surface area contributed by atoms with Crippen molar-refractivity contribution in [3.8, 4) is 0 Å². The molecule has 32 heavy (non-hydrogen) atoms. The standard InChI is InChI=1S/C19H17F6N3O3S/c1-31-16(30)13-11-4-2-3-5-12(11)32-15(13)28-17(18(20,21)22,19(23,24)25)27-14(29)10-6-8-26-9-7-10/h6-9,28H,2-5H2,1H3,(H,27,29). The molecule has 0 aromatic carbocycles. The fourth-order valence-corrected chi connectivity index (χ4v) is 4.70. The van der Waals surface area contributed by atoms with E-state index in [1.807, 2.05) is 0 Å². The number of anilines is 1. The maximum atomic E-state index is 14.0. The van der Waals surface area contributed by atoms with Gasteiger partial charge in [-0.15, -0.1) is 11.3 Å². The third-order valence-electron chi connectivity index (χ3n) is 4.96. The number of aromatic nitrogens is 1. The number of carbonyl (C=O) groups is 2. The van der Waals surface area contributed by atoms with Crippen molar-refractivity contribution in [1.29, 1.82) is 0 Å². The largest absolute Gasteiger partial charge is 0.465 e. The van der Waals surface area contributed by atoms with Crippen molar-refractivity contribution in [2.45, 2.75) is 43.7 Å². The lowest BCUT2D eigenvalue weighted by molar-refractivity contribution is -0.293. The normalized spacial score (nSPS) is 14.5. The number of amides is 1. The summed E-state index contributed by atoms with van der Waals surface area (Å²) in [6.45, 7) is 0. The Hall–Kier alpha value is -2.83. The first kappa shape index (κ1) is 23.8. The molecule has 0 unspecified atom stereocenters. The highest BCUT2D eigenvalue weighted by molar-refractivity contribution is 7.16. The molecular formula is C19H17F6N3O3S. The fourth-order valence-electron chi connectivity index (χ4n) is 3.36. The number of fused-ring (bicyclic) bond motifs is 1. The zero-order valence-corrected chi connectivity index (χ0v) is 17.3. The van der Waals surface area contributed by atoms with Crippen molar-refractivity contribution in [2.24, 2.45) is 0 Å². The predicted octanol–water partition coefficient (Wildman–Crippen LogP) is 4.47. The zero-order valence-electron chi connectivity index (χ0n) is 16.5. The van der Waals surface area contributed by atoms with Crippen LogP contribution in [-0.4, -0.2) is 42.0 Å². The monoisotopic (exact) mass is 481 g/mol. The average Bonchev–Trinajstić information content (AvgIpc) is 3.09. The molecule has 2 aromatic heterocycles. The summed E-state index contributed by atoms with van der Waals surface area (Å²) in [5, 5.41) is 1.83. The maximum absolute atomic E-state index is 14.0. The number of thiophene rings is 1. The van der Waals surface area contributed by atoms with E-state index in [4.69, 9.17) is 0 Å². The summed E-state index contributed by atoms with van der Waals surface area (Å²) in [7, 11) is 0.977. The molecule has 0 radical (unpaired) electrons. The third-order valence-corrected chi connectivity index (χ3v) is 6.16. The van der Waals surface area contributed by atoms with E-state index < -0.39 is 40.5 Å². The van der Waals surface area contributed by atoms with Crippen molar-refractivity contribution in [3.05, 3.63) is 46.1 Å². The van der Waals surface area contributed by atoms with Gasteiger partial charge in [-0.3, -0.25) is 9.78 Å². The molecule has 0 aliphatic heterocycles. The van der Waals surface area contributed by atoms with Crippen LogP contribution in [-0.2, 0) is 17.6 Å². The Bertz CT molecular complexity index is 990. The minimum Gasteiger partial charge on any atom is -0.465 e. The Morgan fingerprint density at radius 3 is 2.19 bits per heavy atom. The summed E-state index contributed by atoms with van der Waals surface area (Å²) < 4.78 is 88.7. The van der Waals surface area contributed by atoms with E-state index in [0.29, 0.717) is 47.5 Å². The highest BCUT2D eigenvalue weighted by Gasteiger charge is 2.73. The van der Waals surface area contributed by atoms with Crippen LogP contribution in [0, 0.1) is 0 Å². The van der Waals surface area contributed by atoms with E-state index in [0.717, 1.165) is 37.0 Å². The molecule has 3 rings (SSSR count). The lowest BCUT2D eigenvalue weighted by atomic mass is 9.95. The number of aryl methyl sites for hydroxylation is 1. The van der Waals surface area contributed by atoms with Gasteiger partial charge < -0.3 is 15.4 Å². The van der Waals surface area contributed by atoms with Gasteiger partial charge in [-0.25, -0.2) is 4.79 Å². The fraction of sp³-hybridized carbons (Fsp3) is 0.421. The second-order valence-electron chi connectivity index (χ2n) is 6.97. The maximum Gasteiger partial charge on any atom is 0.439 e. The summed E-state index contributed by atoms with van der Waals surface area (Å²) in [6, 6.07) is 1.94. The minimum absolute atomic E-state index is 0.312. The number of nitrogens with zero attached hydrogens (tertiary/aromatic N) is 1. The van der Waals surface area contributed by atoms with Crippen LogP contribution >= 0.6 is 11.3 Å². The lowest BCUT2D eigenvalue weighted by Gasteiger charge is -2.38.